The number of fused-ring (bicyclic) bond motifs is 5. The maximum Gasteiger partial charge on any atom is 0.121 e. The smallest absolute Gasteiger partial charge is 0.121 e. The Morgan fingerprint density at radius 1 is 0.629 bits per heavy atom. The Labute approximate surface area is 380 Å². The average Bonchev–Trinajstić information content (AvgIpc) is 3.84. The van der Waals surface area contributed by atoms with Crippen LogP contribution in [0.1, 0.15) is 56.2 Å². The molecule has 0 saturated carbocycles. The molecule has 0 aliphatic carbocycles. The van der Waals surface area contributed by atoms with Crippen LogP contribution in [0.4, 0.5) is 0 Å². The molecule has 0 bridgehead atoms. The number of furan rings is 1. The minimum absolute atomic E-state index is 0. The van der Waals surface area contributed by atoms with Crippen molar-refractivity contribution in [1.82, 2.24) is 14.5 Å². The number of hydrogen-bond donors (Lipinski definition) is 0. The van der Waals surface area contributed by atoms with E-state index >= 15 is 0 Å². The van der Waals surface area contributed by atoms with Gasteiger partial charge in [0.25, 0.3) is 0 Å². The van der Waals surface area contributed by atoms with Gasteiger partial charge in [0.2, 0.25) is 0 Å². The van der Waals surface area contributed by atoms with Gasteiger partial charge in [0.1, 0.15) is 5.58 Å². The number of aromatic nitrogens is 3. The minimum atomic E-state index is -1.28. The van der Waals surface area contributed by atoms with Gasteiger partial charge in [0.05, 0.1) is 30.5 Å². The summed E-state index contributed by atoms with van der Waals surface area (Å²) in [5.74, 6) is 1.45. The third kappa shape index (κ3) is 8.11. The molecule has 10 rings (SSSR count). The van der Waals surface area contributed by atoms with Crippen LogP contribution in [0, 0.1) is 19.1 Å². The number of hydrogen-bond acceptors (Lipinski definition) is 3. The second-order valence-electron chi connectivity index (χ2n) is 17.8. The molecule has 0 aliphatic heterocycles. The first-order chi connectivity index (χ1) is 29.5. The van der Waals surface area contributed by atoms with Gasteiger partial charge in [-0.25, -0.2) is 0 Å². The SMILES string of the molecule is C[Si](C)(C)c1ccc(-c2[c-]ccc3ccccc23)nc1.Cc1ccc2c(c1)oc1c(-c3nc4ccccc4n3-c3c(C(C)C)cc(-c4ccccc4)cc3C(C)C)[c-]ccc12.[Ir]. The van der Waals surface area contributed by atoms with Gasteiger partial charge in [-0.05, 0) is 87.8 Å². The summed E-state index contributed by atoms with van der Waals surface area (Å²) in [6.45, 7) is 18.2. The molecule has 0 N–H and O–H groups in total. The van der Waals surface area contributed by atoms with E-state index in [0.717, 1.165) is 55.6 Å². The summed E-state index contributed by atoms with van der Waals surface area (Å²) in [6, 6.07) is 58.0. The molecule has 4 nitrogen and oxygen atoms in total. The van der Waals surface area contributed by atoms with E-state index in [1.807, 2.05) is 18.3 Å². The van der Waals surface area contributed by atoms with Crippen molar-refractivity contribution < 1.29 is 24.5 Å². The van der Waals surface area contributed by atoms with E-state index in [-0.39, 0.29) is 20.1 Å². The van der Waals surface area contributed by atoms with Crippen LogP contribution in [-0.4, -0.2) is 22.6 Å². The van der Waals surface area contributed by atoms with Crippen molar-refractivity contribution in [3.63, 3.8) is 0 Å². The van der Waals surface area contributed by atoms with Crippen molar-refractivity contribution in [1.29, 1.82) is 0 Å². The predicted molar refractivity (Wildman–Crippen MR) is 260 cm³/mol. The van der Waals surface area contributed by atoms with Crippen molar-refractivity contribution >= 4 is 57.0 Å². The molecule has 0 saturated heterocycles. The first kappa shape index (κ1) is 42.8. The van der Waals surface area contributed by atoms with Gasteiger partial charge in [0.15, 0.2) is 0 Å². The molecule has 7 aromatic carbocycles. The van der Waals surface area contributed by atoms with Crippen LogP contribution in [0.25, 0.3) is 83.2 Å². The first-order valence-electron chi connectivity index (χ1n) is 21.4. The molecular formula is C56H51IrN3OSi-2. The van der Waals surface area contributed by atoms with Gasteiger partial charge < -0.3 is 14.0 Å². The van der Waals surface area contributed by atoms with E-state index in [2.05, 4.69) is 209 Å². The van der Waals surface area contributed by atoms with E-state index in [1.165, 1.54) is 49.5 Å². The maximum atomic E-state index is 6.55. The Kier molecular flexibility index (Phi) is 12.0. The zero-order valence-electron chi connectivity index (χ0n) is 36.7. The third-order valence-corrected chi connectivity index (χ3v) is 13.8. The van der Waals surface area contributed by atoms with Crippen LogP contribution < -0.4 is 5.19 Å². The largest absolute Gasteiger partial charge is 0.501 e. The van der Waals surface area contributed by atoms with Crippen LogP contribution in [0.3, 0.4) is 0 Å². The van der Waals surface area contributed by atoms with Crippen molar-refractivity contribution in [2.45, 2.75) is 66.1 Å². The number of rotatable bonds is 7. The molecule has 0 atom stereocenters. The molecule has 3 heterocycles. The third-order valence-electron chi connectivity index (χ3n) is 11.7. The molecule has 0 unspecified atom stereocenters. The fourth-order valence-corrected chi connectivity index (χ4v) is 9.45. The van der Waals surface area contributed by atoms with E-state index in [9.17, 15) is 0 Å². The monoisotopic (exact) mass is 1000 g/mol. The predicted octanol–water partition coefficient (Wildman–Crippen LogP) is 14.9. The Hall–Kier alpha value is -5.91. The summed E-state index contributed by atoms with van der Waals surface area (Å²) in [5.41, 5.74) is 14.2. The van der Waals surface area contributed by atoms with E-state index in [0.29, 0.717) is 11.8 Å². The minimum Gasteiger partial charge on any atom is -0.501 e. The molecule has 3 aromatic heterocycles. The molecule has 10 aromatic rings. The van der Waals surface area contributed by atoms with Gasteiger partial charge in [0, 0.05) is 37.4 Å². The van der Waals surface area contributed by atoms with Crippen LogP contribution in [-0.2, 0) is 20.1 Å². The van der Waals surface area contributed by atoms with E-state index in [4.69, 9.17) is 9.40 Å². The summed E-state index contributed by atoms with van der Waals surface area (Å²) in [6.07, 6.45) is 2.04. The summed E-state index contributed by atoms with van der Waals surface area (Å²) >= 11 is 0. The van der Waals surface area contributed by atoms with Crippen molar-refractivity contribution in [3.8, 4) is 39.5 Å². The molecule has 0 fully saturated rings. The number of benzene rings is 7. The zero-order chi connectivity index (χ0) is 42.4. The Balaban J connectivity index is 0.000000212. The first-order valence-corrected chi connectivity index (χ1v) is 24.9. The number of nitrogens with zero attached hydrogens (tertiary/aromatic N) is 3. The van der Waals surface area contributed by atoms with Gasteiger partial charge in [-0.3, -0.25) is 4.98 Å². The van der Waals surface area contributed by atoms with E-state index in [1.54, 1.807) is 0 Å². The second-order valence-corrected chi connectivity index (χ2v) is 22.8. The molecule has 0 aliphatic rings. The second kappa shape index (κ2) is 17.5. The van der Waals surface area contributed by atoms with Gasteiger partial charge in [-0.2, -0.15) is 0 Å². The van der Waals surface area contributed by atoms with Gasteiger partial charge >= 0.3 is 0 Å². The zero-order valence-corrected chi connectivity index (χ0v) is 40.1. The fraction of sp³-hybridized carbons (Fsp3) is 0.179. The Bertz CT molecular complexity index is 3160. The van der Waals surface area contributed by atoms with Crippen molar-refractivity contribution in [3.05, 3.63) is 181 Å². The molecule has 0 spiro atoms. The van der Waals surface area contributed by atoms with Crippen LogP contribution in [0.5, 0.6) is 0 Å². The average molecular weight is 1000 g/mol. The fourth-order valence-electron chi connectivity index (χ4n) is 8.41. The molecule has 311 valence electrons. The molecule has 6 heteroatoms. The molecular weight excluding hydrogens is 951 g/mol. The number of imidazole rings is 1. The van der Waals surface area contributed by atoms with Crippen molar-refractivity contribution in [2.24, 2.45) is 0 Å². The standard InChI is InChI=1S/C38H33N2O.C18H18NSi.Ir/c1-23(2)31-21-27(26-12-7-6-8-13-26)22-32(24(3)4)36(31)40-34-17-10-9-16-33(34)39-38(40)30-15-11-14-29-28-19-18-25(5)20-35(28)41-37(29)30;1-20(2,3)15-11-12-18(19-13-15)17-10-6-8-14-7-4-5-9-16(14)17;/h6-14,16-24H,1-5H3;4-9,11-13H,1-3H3;/q2*-1;. The number of pyridine rings is 1. The number of aryl methyl sites for hydroxylation is 1. The number of para-hydroxylation sites is 2. The summed E-state index contributed by atoms with van der Waals surface area (Å²) in [7, 11) is -1.28. The molecule has 1 radical (unpaired) electrons. The van der Waals surface area contributed by atoms with Crippen LogP contribution >= 0.6 is 0 Å². The van der Waals surface area contributed by atoms with Gasteiger partial charge in [-0.15, -0.1) is 47.3 Å². The maximum absolute atomic E-state index is 6.55. The summed E-state index contributed by atoms with van der Waals surface area (Å²) < 4.78 is 8.91. The topological polar surface area (TPSA) is 43.9 Å². The normalized spacial score (nSPS) is 11.7. The van der Waals surface area contributed by atoms with E-state index < -0.39 is 8.07 Å². The summed E-state index contributed by atoms with van der Waals surface area (Å²) in [5, 5.41) is 6.03. The Morgan fingerprint density at radius 2 is 1.31 bits per heavy atom. The quantitative estimate of drug-likeness (QED) is 0.118. The Morgan fingerprint density at radius 3 is 2.02 bits per heavy atom. The van der Waals surface area contributed by atoms with Crippen molar-refractivity contribution in [2.75, 3.05) is 0 Å². The molecule has 62 heavy (non-hydrogen) atoms. The van der Waals surface area contributed by atoms with Crippen LogP contribution in [0.15, 0.2) is 156 Å². The molecule has 0 amide bonds. The summed E-state index contributed by atoms with van der Waals surface area (Å²) in [4.78, 5) is 9.92. The van der Waals surface area contributed by atoms with Gasteiger partial charge in [-0.1, -0.05) is 155 Å². The van der Waals surface area contributed by atoms with Crippen LogP contribution in [0.2, 0.25) is 19.6 Å².